The van der Waals surface area contributed by atoms with Crippen molar-refractivity contribution in [3.8, 4) is 0 Å². The second kappa shape index (κ2) is 8.28. The first kappa shape index (κ1) is 14.0. The van der Waals surface area contributed by atoms with Crippen LogP contribution in [0, 0.1) is 11.8 Å². The first-order valence-corrected chi connectivity index (χ1v) is 6.26. The van der Waals surface area contributed by atoms with E-state index in [2.05, 4.69) is 20.8 Å². The Morgan fingerprint density at radius 3 is 2.00 bits per heavy atom. The van der Waals surface area contributed by atoms with Gasteiger partial charge in [0.05, 0.1) is 6.10 Å². The Morgan fingerprint density at radius 1 is 0.929 bits per heavy atom. The van der Waals surface area contributed by atoms with Crippen LogP contribution >= 0.6 is 0 Å². The van der Waals surface area contributed by atoms with Crippen LogP contribution in [0.5, 0.6) is 0 Å². The van der Waals surface area contributed by atoms with Gasteiger partial charge in [-0.3, -0.25) is 0 Å². The summed E-state index contributed by atoms with van der Waals surface area (Å²) in [5, 5.41) is 9.31. The van der Waals surface area contributed by atoms with Crippen molar-refractivity contribution in [2.45, 2.75) is 72.3 Å². The van der Waals surface area contributed by atoms with Crippen molar-refractivity contribution in [3.05, 3.63) is 0 Å². The molecule has 14 heavy (non-hydrogen) atoms. The van der Waals surface area contributed by atoms with Gasteiger partial charge in [-0.1, -0.05) is 52.9 Å². The van der Waals surface area contributed by atoms with Gasteiger partial charge in [-0.15, -0.1) is 0 Å². The predicted octanol–water partition coefficient (Wildman–Crippen LogP) is 4.00. The monoisotopic (exact) mass is 200 g/mol. The van der Waals surface area contributed by atoms with Gasteiger partial charge in [-0.25, -0.2) is 0 Å². The highest BCUT2D eigenvalue weighted by atomic mass is 16.3. The van der Waals surface area contributed by atoms with Crippen molar-refractivity contribution < 1.29 is 5.11 Å². The van der Waals surface area contributed by atoms with Crippen LogP contribution in [0.1, 0.15) is 66.2 Å². The Balaban J connectivity index is 3.28. The van der Waals surface area contributed by atoms with Crippen LogP contribution in [0.4, 0.5) is 0 Å². The zero-order valence-electron chi connectivity index (χ0n) is 10.4. The number of aliphatic hydroxyl groups excluding tert-OH is 1. The van der Waals surface area contributed by atoms with Crippen LogP contribution in [0.2, 0.25) is 0 Å². The van der Waals surface area contributed by atoms with Crippen LogP contribution in [-0.2, 0) is 0 Å². The molecule has 1 heteroatoms. The number of hydrogen-bond donors (Lipinski definition) is 1. The van der Waals surface area contributed by atoms with E-state index in [4.69, 9.17) is 0 Å². The minimum atomic E-state index is -0.136. The minimum absolute atomic E-state index is 0.136. The van der Waals surface area contributed by atoms with Gasteiger partial charge in [-0.05, 0) is 25.2 Å². The van der Waals surface area contributed by atoms with E-state index in [1.807, 2.05) is 6.92 Å². The summed E-state index contributed by atoms with van der Waals surface area (Å²) in [5.74, 6) is 1.36. The summed E-state index contributed by atoms with van der Waals surface area (Å²) in [6.07, 6.45) is 7.69. The molecule has 0 aliphatic rings. The molecule has 1 nitrogen and oxygen atoms in total. The Hall–Kier alpha value is -0.0400. The number of aliphatic hydroxyl groups is 1. The summed E-state index contributed by atoms with van der Waals surface area (Å²) in [7, 11) is 0. The van der Waals surface area contributed by atoms with Crippen molar-refractivity contribution in [1.29, 1.82) is 0 Å². The lowest BCUT2D eigenvalue weighted by Gasteiger charge is -2.15. The van der Waals surface area contributed by atoms with E-state index in [1.165, 1.54) is 38.5 Å². The molecule has 0 heterocycles. The molecule has 3 atom stereocenters. The fourth-order valence-corrected chi connectivity index (χ4v) is 1.84. The zero-order chi connectivity index (χ0) is 11.0. The average molecular weight is 200 g/mol. The number of rotatable bonds is 8. The molecule has 1 N–H and O–H groups in total. The van der Waals surface area contributed by atoms with E-state index in [9.17, 15) is 5.11 Å². The third-order valence-electron chi connectivity index (χ3n) is 3.21. The molecule has 0 saturated carbocycles. The smallest absolute Gasteiger partial charge is 0.0537 e. The van der Waals surface area contributed by atoms with Crippen molar-refractivity contribution >= 4 is 0 Å². The molecular weight excluding hydrogens is 172 g/mol. The number of hydrogen-bond acceptors (Lipinski definition) is 1. The molecule has 0 amide bonds. The van der Waals surface area contributed by atoms with Gasteiger partial charge >= 0.3 is 0 Å². The van der Waals surface area contributed by atoms with Crippen molar-refractivity contribution in [1.82, 2.24) is 0 Å². The summed E-state index contributed by atoms with van der Waals surface area (Å²) in [6.45, 7) is 8.64. The van der Waals surface area contributed by atoms with Gasteiger partial charge < -0.3 is 5.11 Å². The van der Waals surface area contributed by atoms with E-state index >= 15 is 0 Å². The Kier molecular flexibility index (Phi) is 8.26. The molecule has 0 aromatic heterocycles. The van der Waals surface area contributed by atoms with Gasteiger partial charge in [0.1, 0.15) is 0 Å². The standard InChI is InChI=1S/C13H28O/c1-5-8-11(2)9-6-7-10-12(3)13(4)14/h11-14H,5-10H2,1-4H3/t11?,12?,13-/m0/s1. The maximum atomic E-state index is 9.31. The quantitative estimate of drug-likeness (QED) is 0.587. The SMILES string of the molecule is CCCC(C)CCCCC(C)[C@H](C)O. The average Bonchev–Trinajstić information content (AvgIpc) is 2.12. The number of unbranched alkanes of at least 4 members (excludes halogenated alkanes) is 1. The van der Waals surface area contributed by atoms with Crippen LogP contribution in [0.25, 0.3) is 0 Å². The first-order valence-electron chi connectivity index (χ1n) is 6.26. The second-order valence-corrected chi connectivity index (χ2v) is 4.90. The maximum absolute atomic E-state index is 9.31. The van der Waals surface area contributed by atoms with E-state index in [0.29, 0.717) is 5.92 Å². The fourth-order valence-electron chi connectivity index (χ4n) is 1.84. The molecule has 0 spiro atoms. The van der Waals surface area contributed by atoms with Crippen LogP contribution < -0.4 is 0 Å². The molecule has 2 unspecified atom stereocenters. The van der Waals surface area contributed by atoms with Crippen LogP contribution in [0.15, 0.2) is 0 Å². The second-order valence-electron chi connectivity index (χ2n) is 4.90. The normalized spacial score (nSPS) is 17.8. The third kappa shape index (κ3) is 7.37. The first-order chi connectivity index (χ1) is 6.57. The Labute approximate surface area is 89.9 Å². The summed E-state index contributed by atoms with van der Waals surface area (Å²) in [4.78, 5) is 0. The molecule has 0 bridgehead atoms. The van der Waals surface area contributed by atoms with Gasteiger partial charge in [0.25, 0.3) is 0 Å². The van der Waals surface area contributed by atoms with Crippen molar-refractivity contribution in [3.63, 3.8) is 0 Å². The lowest BCUT2D eigenvalue weighted by atomic mass is 9.94. The molecule has 0 aliphatic heterocycles. The topological polar surface area (TPSA) is 20.2 Å². The van der Waals surface area contributed by atoms with Crippen LogP contribution in [0.3, 0.4) is 0 Å². The largest absolute Gasteiger partial charge is 0.393 e. The third-order valence-corrected chi connectivity index (χ3v) is 3.21. The highest BCUT2D eigenvalue weighted by Gasteiger charge is 2.08. The molecule has 0 fully saturated rings. The molecule has 0 aliphatic carbocycles. The van der Waals surface area contributed by atoms with Gasteiger partial charge in [0, 0.05) is 0 Å². The molecule has 86 valence electrons. The molecule has 0 saturated heterocycles. The van der Waals surface area contributed by atoms with Gasteiger partial charge in [-0.2, -0.15) is 0 Å². The molecule has 0 aromatic carbocycles. The van der Waals surface area contributed by atoms with E-state index in [-0.39, 0.29) is 6.10 Å². The highest BCUT2D eigenvalue weighted by Crippen LogP contribution is 2.17. The molecule has 0 radical (unpaired) electrons. The minimum Gasteiger partial charge on any atom is -0.393 e. The lowest BCUT2D eigenvalue weighted by Crippen LogP contribution is -2.12. The molecule has 0 aromatic rings. The van der Waals surface area contributed by atoms with Crippen LogP contribution in [-0.4, -0.2) is 11.2 Å². The lowest BCUT2D eigenvalue weighted by molar-refractivity contribution is 0.128. The van der Waals surface area contributed by atoms with E-state index in [1.54, 1.807) is 0 Å². The van der Waals surface area contributed by atoms with E-state index < -0.39 is 0 Å². The Morgan fingerprint density at radius 2 is 1.50 bits per heavy atom. The fraction of sp³-hybridized carbons (Fsp3) is 1.00. The zero-order valence-corrected chi connectivity index (χ0v) is 10.4. The maximum Gasteiger partial charge on any atom is 0.0537 e. The Bertz CT molecular complexity index is 120. The van der Waals surface area contributed by atoms with Gasteiger partial charge in [0.15, 0.2) is 0 Å². The summed E-state index contributed by atoms with van der Waals surface area (Å²) < 4.78 is 0. The summed E-state index contributed by atoms with van der Waals surface area (Å²) in [6, 6.07) is 0. The summed E-state index contributed by atoms with van der Waals surface area (Å²) >= 11 is 0. The highest BCUT2D eigenvalue weighted by molar-refractivity contribution is 4.60. The van der Waals surface area contributed by atoms with Crippen molar-refractivity contribution in [2.75, 3.05) is 0 Å². The molecular formula is C13H28O. The van der Waals surface area contributed by atoms with Crippen molar-refractivity contribution in [2.24, 2.45) is 11.8 Å². The predicted molar refractivity (Wildman–Crippen MR) is 63.4 cm³/mol. The molecule has 0 rings (SSSR count). The van der Waals surface area contributed by atoms with E-state index in [0.717, 1.165) is 5.92 Å². The summed E-state index contributed by atoms with van der Waals surface area (Å²) in [5.41, 5.74) is 0. The van der Waals surface area contributed by atoms with Gasteiger partial charge in [0.2, 0.25) is 0 Å².